The summed E-state index contributed by atoms with van der Waals surface area (Å²) < 4.78 is 0. The number of para-hydroxylation sites is 1. The van der Waals surface area contributed by atoms with Crippen LogP contribution < -0.4 is 10.6 Å². The van der Waals surface area contributed by atoms with Crippen LogP contribution in [0.4, 0.5) is 5.69 Å². The summed E-state index contributed by atoms with van der Waals surface area (Å²) in [5, 5.41) is 15.2. The monoisotopic (exact) mass is 370 g/mol. The molecule has 2 aliphatic rings. The summed E-state index contributed by atoms with van der Waals surface area (Å²) in [6, 6.07) is 7.05. The lowest BCUT2D eigenvalue weighted by molar-refractivity contribution is -0.146. The van der Waals surface area contributed by atoms with Crippen LogP contribution in [0.3, 0.4) is 0 Å². The molecule has 1 aromatic carbocycles. The van der Waals surface area contributed by atoms with Crippen LogP contribution in [0.25, 0.3) is 0 Å². The SMILES string of the molecule is O=C(NC1CCCCC1)c1ccccc1NC(=O)[C@H]1CC=CC[C@@H]1C(=O)O. The number of carbonyl (C=O) groups is 3. The van der Waals surface area contributed by atoms with E-state index in [0.29, 0.717) is 24.1 Å². The Bertz CT molecular complexity index is 737. The zero-order valence-corrected chi connectivity index (χ0v) is 15.3. The minimum atomic E-state index is -0.970. The van der Waals surface area contributed by atoms with Crippen LogP contribution in [0.2, 0.25) is 0 Å². The van der Waals surface area contributed by atoms with Crippen molar-refractivity contribution in [2.45, 2.75) is 51.0 Å². The maximum Gasteiger partial charge on any atom is 0.307 e. The fourth-order valence-corrected chi connectivity index (χ4v) is 3.90. The molecule has 0 heterocycles. The van der Waals surface area contributed by atoms with Crippen LogP contribution >= 0.6 is 0 Å². The molecular formula is C21H26N2O4. The Morgan fingerprint density at radius 1 is 0.926 bits per heavy atom. The lowest BCUT2D eigenvalue weighted by Gasteiger charge is -2.25. The molecule has 2 amide bonds. The van der Waals surface area contributed by atoms with Gasteiger partial charge in [-0.25, -0.2) is 0 Å². The van der Waals surface area contributed by atoms with E-state index in [1.807, 2.05) is 6.08 Å². The smallest absolute Gasteiger partial charge is 0.307 e. The first-order valence-electron chi connectivity index (χ1n) is 9.65. The number of carbonyl (C=O) groups excluding carboxylic acids is 2. The Morgan fingerprint density at radius 3 is 2.30 bits per heavy atom. The molecule has 144 valence electrons. The molecule has 0 spiro atoms. The first kappa shape index (κ1) is 19.1. The summed E-state index contributed by atoms with van der Waals surface area (Å²) in [5.41, 5.74) is 0.837. The minimum absolute atomic E-state index is 0.176. The molecule has 6 nitrogen and oxygen atoms in total. The molecule has 3 N–H and O–H groups in total. The number of carboxylic acids is 1. The molecule has 3 rings (SSSR count). The van der Waals surface area contributed by atoms with E-state index in [0.717, 1.165) is 25.7 Å². The Kier molecular flexibility index (Phi) is 6.27. The van der Waals surface area contributed by atoms with Gasteiger partial charge in [-0.2, -0.15) is 0 Å². The average molecular weight is 370 g/mol. The van der Waals surface area contributed by atoms with Crippen LogP contribution in [-0.4, -0.2) is 28.9 Å². The Hall–Kier alpha value is -2.63. The highest BCUT2D eigenvalue weighted by molar-refractivity contribution is 6.04. The lowest BCUT2D eigenvalue weighted by Crippen LogP contribution is -2.37. The van der Waals surface area contributed by atoms with Gasteiger partial charge in [0.1, 0.15) is 0 Å². The summed E-state index contributed by atoms with van der Waals surface area (Å²) in [6.45, 7) is 0. The van der Waals surface area contributed by atoms with Gasteiger partial charge in [-0.1, -0.05) is 43.5 Å². The average Bonchev–Trinajstić information content (AvgIpc) is 2.69. The van der Waals surface area contributed by atoms with E-state index in [-0.39, 0.29) is 17.9 Å². The van der Waals surface area contributed by atoms with Gasteiger partial charge in [0.15, 0.2) is 0 Å². The molecular weight excluding hydrogens is 344 g/mol. The summed E-state index contributed by atoms with van der Waals surface area (Å²) >= 11 is 0. The van der Waals surface area contributed by atoms with Crippen molar-refractivity contribution in [2.24, 2.45) is 11.8 Å². The molecule has 6 heteroatoms. The van der Waals surface area contributed by atoms with Gasteiger partial charge in [0, 0.05) is 6.04 Å². The topological polar surface area (TPSA) is 95.5 Å². The van der Waals surface area contributed by atoms with Crippen LogP contribution in [0, 0.1) is 11.8 Å². The molecule has 0 saturated heterocycles. The predicted molar refractivity (Wildman–Crippen MR) is 102 cm³/mol. The van der Waals surface area contributed by atoms with E-state index in [4.69, 9.17) is 0 Å². The van der Waals surface area contributed by atoms with Crippen molar-refractivity contribution in [3.05, 3.63) is 42.0 Å². The number of aliphatic carboxylic acids is 1. The van der Waals surface area contributed by atoms with E-state index in [1.165, 1.54) is 6.42 Å². The Labute approximate surface area is 159 Å². The summed E-state index contributed by atoms with van der Waals surface area (Å²) in [5.74, 6) is -2.90. The molecule has 0 bridgehead atoms. The van der Waals surface area contributed by atoms with Gasteiger partial charge in [0.05, 0.1) is 23.1 Å². The third kappa shape index (κ3) is 4.76. The number of anilines is 1. The number of allylic oxidation sites excluding steroid dienone is 2. The normalized spacial score (nSPS) is 22.8. The largest absolute Gasteiger partial charge is 0.481 e. The standard InChI is InChI=1S/C21H26N2O4/c24-19(15-10-4-5-11-16(15)21(26)27)23-18-13-7-6-12-17(18)20(25)22-14-8-2-1-3-9-14/h4-7,12-16H,1-3,8-11H2,(H,22,25)(H,23,24)(H,26,27)/t15-,16-/m0/s1. The molecule has 0 radical (unpaired) electrons. The van der Waals surface area contributed by atoms with Crippen molar-refractivity contribution in [2.75, 3.05) is 5.32 Å². The highest BCUT2D eigenvalue weighted by Gasteiger charge is 2.34. The number of hydrogen-bond acceptors (Lipinski definition) is 3. The molecule has 1 saturated carbocycles. The van der Waals surface area contributed by atoms with E-state index >= 15 is 0 Å². The fraction of sp³-hybridized carbons (Fsp3) is 0.476. The van der Waals surface area contributed by atoms with Crippen molar-refractivity contribution in [3.63, 3.8) is 0 Å². The molecule has 0 aromatic heterocycles. The number of rotatable bonds is 5. The van der Waals surface area contributed by atoms with Crippen LogP contribution in [0.1, 0.15) is 55.3 Å². The molecule has 2 aliphatic carbocycles. The van der Waals surface area contributed by atoms with Crippen LogP contribution in [0.15, 0.2) is 36.4 Å². The minimum Gasteiger partial charge on any atom is -0.481 e. The van der Waals surface area contributed by atoms with Crippen molar-refractivity contribution >= 4 is 23.5 Å². The maximum atomic E-state index is 12.7. The highest BCUT2D eigenvalue weighted by Crippen LogP contribution is 2.28. The first-order chi connectivity index (χ1) is 13.1. The summed E-state index contributed by atoms with van der Waals surface area (Å²) in [7, 11) is 0. The Morgan fingerprint density at radius 2 is 1.59 bits per heavy atom. The number of amides is 2. The Balaban J connectivity index is 1.71. The number of benzene rings is 1. The zero-order chi connectivity index (χ0) is 19.2. The molecule has 0 unspecified atom stereocenters. The van der Waals surface area contributed by atoms with Gasteiger partial charge in [0.2, 0.25) is 5.91 Å². The van der Waals surface area contributed by atoms with Crippen molar-refractivity contribution < 1.29 is 19.5 Å². The van der Waals surface area contributed by atoms with Crippen molar-refractivity contribution in [1.82, 2.24) is 5.32 Å². The van der Waals surface area contributed by atoms with Gasteiger partial charge in [-0.05, 0) is 37.8 Å². The van der Waals surface area contributed by atoms with E-state index < -0.39 is 17.8 Å². The third-order valence-corrected chi connectivity index (χ3v) is 5.46. The number of hydrogen-bond donors (Lipinski definition) is 3. The molecule has 1 fully saturated rings. The third-order valence-electron chi connectivity index (χ3n) is 5.46. The van der Waals surface area contributed by atoms with E-state index in [2.05, 4.69) is 10.6 Å². The van der Waals surface area contributed by atoms with Gasteiger partial charge < -0.3 is 15.7 Å². The van der Waals surface area contributed by atoms with Gasteiger partial charge >= 0.3 is 5.97 Å². The second-order valence-electron chi connectivity index (χ2n) is 7.34. The summed E-state index contributed by atoms with van der Waals surface area (Å²) in [6.07, 6.45) is 9.78. The van der Waals surface area contributed by atoms with Crippen molar-refractivity contribution in [3.8, 4) is 0 Å². The van der Waals surface area contributed by atoms with Gasteiger partial charge in [-0.3, -0.25) is 14.4 Å². The van der Waals surface area contributed by atoms with Crippen molar-refractivity contribution in [1.29, 1.82) is 0 Å². The first-order valence-corrected chi connectivity index (χ1v) is 9.65. The predicted octanol–water partition coefficient (Wildman–Crippen LogP) is 3.35. The van der Waals surface area contributed by atoms with E-state index in [1.54, 1.807) is 30.3 Å². The van der Waals surface area contributed by atoms with Gasteiger partial charge in [0.25, 0.3) is 5.91 Å². The fourth-order valence-electron chi connectivity index (χ4n) is 3.90. The highest BCUT2D eigenvalue weighted by atomic mass is 16.4. The lowest BCUT2D eigenvalue weighted by atomic mass is 9.82. The van der Waals surface area contributed by atoms with Crippen LogP contribution in [0.5, 0.6) is 0 Å². The summed E-state index contributed by atoms with van der Waals surface area (Å²) in [4.78, 5) is 36.8. The number of carboxylic acid groups (broad SMARTS) is 1. The second kappa shape index (κ2) is 8.84. The zero-order valence-electron chi connectivity index (χ0n) is 15.3. The molecule has 27 heavy (non-hydrogen) atoms. The second-order valence-corrected chi connectivity index (χ2v) is 7.34. The number of nitrogens with one attached hydrogen (secondary N) is 2. The van der Waals surface area contributed by atoms with Gasteiger partial charge in [-0.15, -0.1) is 0 Å². The molecule has 2 atom stereocenters. The van der Waals surface area contributed by atoms with Crippen LogP contribution in [-0.2, 0) is 9.59 Å². The molecule has 0 aliphatic heterocycles. The maximum absolute atomic E-state index is 12.7. The van der Waals surface area contributed by atoms with E-state index in [9.17, 15) is 19.5 Å². The quantitative estimate of drug-likeness (QED) is 0.693. The molecule has 1 aromatic rings.